The van der Waals surface area contributed by atoms with Crippen molar-refractivity contribution in [3.63, 3.8) is 0 Å². The Morgan fingerprint density at radius 1 is 1.03 bits per heavy atom. The number of benzene rings is 2. The minimum Gasteiger partial charge on any atom is -0.394 e. The van der Waals surface area contributed by atoms with Gasteiger partial charge in [-0.25, -0.2) is 4.98 Å². The molecule has 0 aliphatic heterocycles. The summed E-state index contributed by atoms with van der Waals surface area (Å²) in [5, 5.41) is 15.2. The smallest absolute Gasteiger partial charge is 0.394 e. The number of hydrogen-bond acceptors (Lipinski definition) is 4. The van der Waals surface area contributed by atoms with E-state index in [0.29, 0.717) is 6.42 Å². The quantitative estimate of drug-likeness (QED) is 0.541. The Hall–Kier alpha value is -3.39. The highest BCUT2D eigenvalue weighted by Crippen LogP contribution is 2.31. The normalized spacial score (nSPS) is 12.3. The van der Waals surface area contributed by atoms with E-state index in [1.807, 2.05) is 30.3 Å². The molecule has 0 unspecified atom stereocenters. The van der Waals surface area contributed by atoms with Gasteiger partial charge in [0.25, 0.3) is 5.91 Å². The number of aliphatic hydroxyl groups is 1. The van der Waals surface area contributed by atoms with Crippen molar-refractivity contribution < 1.29 is 23.1 Å². The van der Waals surface area contributed by atoms with E-state index < -0.39 is 23.7 Å². The van der Waals surface area contributed by atoms with Crippen LogP contribution in [-0.2, 0) is 12.6 Å². The second kappa shape index (κ2) is 9.41. The van der Waals surface area contributed by atoms with Gasteiger partial charge >= 0.3 is 6.18 Å². The van der Waals surface area contributed by atoms with Gasteiger partial charge in [0.05, 0.1) is 23.8 Å². The largest absolute Gasteiger partial charge is 0.416 e. The van der Waals surface area contributed by atoms with E-state index in [1.54, 1.807) is 6.07 Å². The van der Waals surface area contributed by atoms with Gasteiger partial charge in [-0.1, -0.05) is 36.4 Å². The van der Waals surface area contributed by atoms with Crippen LogP contribution in [0.1, 0.15) is 21.5 Å². The number of amides is 1. The van der Waals surface area contributed by atoms with Crippen LogP contribution in [0.25, 0.3) is 0 Å². The maximum Gasteiger partial charge on any atom is 0.416 e. The first-order valence-corrected chi connectivity index (χ1v) is 9.22. The Morgan fingerprint density at radius 2 is 1.80 bits per heavy atom. The average molecular weight is 415 g/mol. The fourth-order valence-electron chi connectivity index (χ4n) is 2.92. The fraction of sp³-hybridized carbons (Fsp3) is 0.182. The molecule has 8 heteroatoms. The van der Waals surface area contributed by atoms with Crippen LogP contribution in [0.5, 0.6) is 0 Å². The molecule has 2 aromatic carbocycles. The summed E-state index contributed by atoms with van der Waals surface area (Å²) < 4.78 is 38.8. The summed E-state index contributed by atoms with van der Waals surface area (Å²) in [6, 6.07) is 16.6. The molecule has 5 nitrogen and oxygen atoms in total. The zero-order chi connectivity index (χ0) is 21.6. The van der Waals surface area contributed by atoms with E-state index in [9.17, 15) is 23.1 Å². The Balaban J connectivity index is 1.76. The van der Waals surface area contributed by atoms with Gasteiger partial charge in [0.15, 0.2) is 0 Å². The molecule has 0 fully saturated rings. The number of aliphatic hydroxyl groups excluding tert-OH is 1. The highest BCUT2D eigenvalue weighted by Gasteiger charge is 2.30. The molecule has 0 spiro atoms. The number of rotatable bonds is 7. The van der Waals surface area contributed by atoms with Crippen LogP contribution >= 0.6 is 0 Å². The lowest BCUT2D eigenvalue weighted by Gasteiger charge is -2.18. The molecule has 30 heavy (non-hydrogen) atoms. The first kappa shape index (κ1) is 21.3. The summed E-state index contributed by atoms with van der Waals surface area (Å²) in [5.74, 6) is -0.377. The number of pyridine rings is 1. The molecule has 0 bridgehead atoms. The van der Waals surface area contributed by atoms with Crippen LogP contribution in [-0.4, -0.2) is 28.6 Å². The number of aromatic nitrogens is 1. The molecule has 3 aromatic rings. The number of nitrogens with zero attached hydrogens (tertiary/aromatic N) is 1. The Kier molecular flexibility index (Phi) is 6.68. The summed E-state index contributed by atoms with van der Waals surface area (Å²) in [6.45, 7) is -0.267. The van der Waals surface area contributed by atoms with E-state index in [2.05, 4.69) is 15.6 Å². The van der Waals surface area contributed by atoms with Crippen molar-refractivity contribution in [1.29, 1.82) is 0 Å². The molecule has 0 saturated carbocycles. The number of anilines is 2. The standard InChI is InChI=1S/C22H20F3N3O2/c23-22(24,25)16-8-4-9-17(13-16)27-20-19(10-5-11-26-20)21(30)28-18(14-29)12-15-6-2-1-3-7-15/h1-11,13,18,29H,12,14H2,(H,26,27)(H,28,30)/t18-/m0/s1. The molecule has 156 valence electrons. The highest BCUT2D eigenvalue weighted by molar-refractivity contribution is 5.99. The van der Waals surface area contributed by atoms with Gasteiger partial charge in [-0.3, -0.25) is 4.79 Å². The van der Waals surface area contributed by atoms with Gasteiger partial charge in [0.1, 0.15) is 5.82 Å². The number of hydrogen-bond donors (Lipinski definition) is 3. The molecule has 1 aromatic heterocycles. The van der Waals surface area contributed by atoms with E-state index >= 15 is 0 Å². The molecule has 3 rings (SSSR count). The zero-order valence-corrected chi connectivity index (χ0v) is 15.9. The maximum atomic E-state index is 12.9. The van der Waals surface area contributed by atoms with Crippen LogP contribution in [0.3, 0.4) is 0 Å². The van der Waals surface area contributed by atoms with Gasteiger partial charge in [0.2, 0.25) is 0 Å². The molecule has 1 atom stereocenters. The summed E-state index contributed by atoms with van der Waals surface area (Å²) in [7, 11) is 0. The van der Waals surface area contributed by atoms with Crippen molar-refractivity contribution in [3.05, 3.63) is 89.6 Å². The highest BCUT2D eigenvalue weighted by atomic mass is 19.4. The molecule has 0 aliphatic rings. The van der Waals surface area contributed by atoms with Crippen molar-refractivity contribution in [2.75, 3.05) is 11.9 Å². The predicted molar refractivity (Wildman–Crippen MR) is 107 cm³/mol. The summed E-state index contributed by atoms with van der Waals surface area (Å²) in [4.78, 5) is 16.8. The number of nitrogens with one attached hydrogen (secondary N) is 2. The molecule has 0 radical (unpaired) electrons. The Labute approximate surface area is 171 Å². The second-order valence-corrected chi connectivity index (χ2v) is 6.65. The summed E-state index contributed by atoms with van der Waals surface area (Å²) >= 11 is 0. The van der Waals surface area contributed by atoms with Crippen LogP contribution in [0.15, 0.2) is 72.9 Å². The average Bonchev–Trinajstić information content (AvgIpc) is 2.74. The lowest BCUT2D eigenvalue weighted by molar-refractivity contribution is -0.137. The topological polar surface area (TPSA) is 74.2 Å². The molecule has 1 heterocycles. The number of carbonyl (C=O) groups is 1. The lowest BCUT2D eigenvalue weighted by Crippen LogP contribution is -2.39. The molecular weight excluding hydrogens is 395 g/mol. The summed E-state index contributed by atoms with van der Waals surface area (Å²) in [6.07, 6.45) is -2.62. The first-order valence-electron chi connectivity index (χ1n) is 9.22. The number of halogens is 3. The van der Waals surface area contributed by atoms with Crippen LogP contribution in [0.2, 0.25) is 0 Å². The van der Waals surface area contributed by atoms with Gasteiger partial charge in [-0.2, -0.15) is 13.2 Å². The van der Waals surface area contributed by atoms with E-state index in [4.69, 9.17) is 0 Å². The SMILES string of the molecule is O=C(N[C@H](CO)Cc1ccccc1)c1cccnc1Nc1cccc(C(F)(F)F)c1. The summed E-state index contributed by atoms with van der Waals surface area (Å²) in [5.41, 5.74) is 0.449. The minimum absolute atomic E-state index is 0.116. The van der Waals surface area contributed by atoms with Gasteiger partial charge in [-0.15, -0.1) is 0 Å². The second-order valence-electron chi connectivity index (χ2n) is 6.65. The monoisotopic (exact) mass is 415 g/mol. The van der Waals surface area contributed by atoms with Gasteiger partial charge in [-0.05, 0) is 42.3 Å². The van der Waals surface area contributed by atoms with Crippen LogP contribution in [0, 0.1) is 0 Å². The molecule has 0 aliphatic carbocycles. The van der Waals surface area contributed by atoms with Crippen LogP contribution in [0.4, 0.5) is 24.7 Å². The van der Waals surface area contributed by atoms with Crippen LogP contribution < -0.4 is 10.6 Å². The third-order valence-corrected chi connectivity index (χ3v) is 4.39. The van der Waals surface area contributed by atoms with Crippen molar-refractivity contribution in [2.45, 2.75) is 18.6 Å². The van der Waals surface area contributed by atoms with E-state index in [0.717, 1.165) is 17.7 Å². The van der Waals surface area contributed by atoms with E-state index in [-0.39, 0.29) is 23.7 Å². The third-order valence-electron chi connectivity index (χ3n) is 4.39. The third kappa shape index (κ3) is 5.57. The van der Waals surface area contributed by atoms with E-state index in [1.165, 1.54) is 24.4 Å². The molecule has 0 saturated heterocycles. The number of alkyl halides is 3. The predicted octanol–water partition coefficient (Wildman–Crippen LogP) is 4.18. The molecule has 1 amide bonds. The molecule has 3 N–H and O–H groups in total. The lowest BCUT2D eigenvalue weighted by atomic mass is 10.1. The van der Waals surface area contributed by atoms with Gasteiger partial charge < -0.3 is 15.7 Å². The Morgan fingerprint density at radius 3 is 2.50 bits per heavy atom. The first-order chi connectivity index (χ1) is 14.4. The van der Waals surface area contributed by atoms with Crippen molar-refractivity contribution >= 4 is 17.4 Å². The van der Waals surface area contributed by atoms with Crippen molar-refractivity contribution in [3.8, 4) is 0 Å². The molecular formula is C22H20F3N3O2. The van der Waals surface area contributed by atoms with Crippen molar-refractivity contribution in [1.82, 2.24) is 10.3 Å². The van der Waals surface area contributed by atoms with Crippen molar-refractivity contribution in [2.24, 2.45) is 0 Å². The Bertz CT molecular complexity index is 994. The van der Waals surface area contributed by atoms with Gasteiger partial charge in [0, 0.05) is 11.9 Å². The zero-order valence-electron chi connectivity index (χ0n) is 15.9. The maximum absolute atomic E-state index is 12.9. The number of carbonyl (C=O) groups excluding carboxylic acids is 1. The fourth-order valence-corrected chi connectivity index (χ4v) is 2.92. The minimum atomic E-state index is -4.48.